The fourth-order valence-corrected chi connectivity index (χ4v) is 2.21. The second-order valence-corrected chi connectivity index (χ2v) is 5.35. The molecule has 1 fully saturated rings. The summed E-state index contributed by atoms with van der Waals surface area (Å²) in [5, 5.41) is 2.97. The van der Waals surface area contributed by atoms with Gasteiger partial charge in [0.05, 0.1) is 0 Å². The number of carbonyl (C=O) groups is 1. The first kappa shape index (κ1) is 14.0. The van der Waals surface area contributed by atoms with Crippen LogP contribution in [0.1, 0.15) is 30.9 Å². The third-order valence-electron chi connectivity index (χ3n) is 3.87. The number of hydrogen-bond donors (Lipinski definition) is 2. The van der Waals surface area contributed by atoms with Crippen molar-refractivity contribution in [1.29, 1.82) is 0 Å². The Hall–Kier alpha value is -1.39. The van der Waals surface area contributed by atoms with Crippen molar-refractivity contribution in [1.82, 2.24) is 5.32 Å². The van der Waals surface area contributed by atoms with E-state index in [4.69, 9.17) is 10.5 Å². The maximum atomic E-state index is 12.0. The van der Waals surface area contributed by atoms with Gasteiger partial charge in [-0.2, -0.15) is 0 Å². The number of rotatable bonds is 7. The lowest BCUT2D eigenvalue weighted by atomic mass is 10.0. The van der Waals surface area contributed by atoms with E-state index in [1.165, 1.54) is 0 Å². The Morgan fingerprint density at radius 2 is 2.11 bits per heavy atom. The summed E-state index contributed by atoms with van der Waals surface area (Å²) in [6, 6.07) is 8.87. The lowest BCUT2D eigenvalue weighted by molar-refractivity contribution is -0.122. The molecule has 0 saturated heterocycles. The summed E-state index contributed by atoms with van der Waals surface area (Å²) >= 11 is 0. The number of hydrogen-bond acceptors (Lipinski definition) is 3. The van der Waals surface area contributed by atoms with Gasteiger partial charge in [-0.25, -0.2) is 0 Å². The minimum Gasteiger partial charge on any atom is -0.385 e. The first-order valence-electron chi connectivity index (χ1n) is 6.74. The minimum absolute atomic E-state index is 0.102. The molecule has 0 spiro atoms. The van der Waals surface area contributed by atoms with E-state index in [1.54, 1.807) is 7.11 Å². The lowest BCUT2D eigenvalue weighted by Crippen LogP contribution is -2.37. The van der Waals surface area contributed by atoms with Crippen molar-refractivity contribution in [3.05, 3.63) is 35.9 Å². The molecule has 1 aliphatic rings. The second-order valence-electron chi connectivity index (χ2n) is 5.35. The Kier molecular flexibility index (Phi) is 4.56. The zero-order valence-corrected chi connectivity index (χ0v) is 11.4. The van der Waals surface area contributed by atoms with Gasteiger partial charge in [-0.3, -0.25) is 4.79 Å². The Bertz CT molecular complexity index is 415. The maximum Gasteiger partial charge on any atom is 0.241 e. The number of nitrogens with one attached hydrogen (secondary N) is 1. The normalized spacial score (nSPS) is 17.8. The number of methoxy groups -OCH3 is 1. The highest BCUT2D eigenvalue weighted by Crippen LogP contribution is 2.48. The molecular formula is C15H22N2O2. The Morgan fingerprint density at radius 3 is 2.68 bits per heavy atom. The van der Waals surface area contributed by atoms with Crippen LogP contribution in [0.25, 0.3) is 0 Å². The second kappa shape index (κ2) is 6.17. The molecule has 1 amide bonds. The van der Waals surface area contributed by atoms with Crippen LogP contribution in [0.4, 0.5) is 0 Å². The molecule has 0 bridgehead atoms. The average molecular weight is 262 g/mol. The van der Waals surface area contributed by atoms with E-state index in [0.29, 0.717) is 6.54 Å². The van der Waals surface area contributed by atoms with Crippen molar-refractivity contribution in [2.45, 2.75) is 25.3 Å². The molecular weight excluding hydrogens is 240 g/mol. The van der Waals surface area contributed by atoms with Crippen molar-refractivity contribution in [2.24, 2.45) is 11.1 Å². The van der Waals surface area contributed by atoms with Gasteiger partial charge in [-0.1, -0.05) is 30.3 Å². The number of amides is 1. The molecule has 3 N–H and O–H groups in total. The third kappa shape index (κ3) is 3.78. The number of carbonyl (C=O) groups excluding carboxylic acids is 1. The van der Waals surface area contributed by atoms with Gasteiger partial charge in [0.2, 0.25) is 5.91 Å². The van der Waals surface area contributed by atoms with Crippen LogP contribution >= 0.6 is 0 Å². The van der Waals surface area contributed by atoms with Crippen molar-refractivity contribution < 1.29 is 9.53 Å². The number of nitrogens with two attached hydrogens (primary N) is 1. The Labute approximate surface area is 114 Å². The molecule has 1 aromatic rings. The summed E-state index contributed by atoms with van der Waals surface area (Å²) in [4.78, 5) is 12.0. The van der Waals surface area contributed by atoms with Gasteiger partial charge in [0, 0.05) is 20.3 Å². The van der Waals surface area contributed by atoms with Gasteiger partial charge in [0.15, 0.2) is 0 Å². The highest BCUT2D eigenvalue weighted by Gasteiger charge is 2.42. The standard InChI is InChI=1S/C15H22N2O2/c1-19-10-9-15(7-8-15)11-17-14(18)13(16)12-5-3-2-4-6-12/h2-6,13H,7-11,16H2,1H3,(H,17,18). The van der Waals surface area contributed by atoms with E-state index in [0.717, 1.165) is 31.4 Å². The summed E-state index contributed by atoms with van der Waals surface area (Å²) in [5.74, 6) is -0.102. The molecule has 0 aliphatic heterocycles. The van der Waals surface area contributed by atoms with Crippen LogP contribution in [0.2, 0.25) is 0 Å². The van der Waals surface area contributed by atoms with Crippen LogP contribution in [0.15, 0.2) is 30.3 Å². The van der Waals surface area contributed by atoms with E-state index in [9.17, 15) is 4.79 Å². The predicted octanol–water partition coefficient (Wildman–Crippen LogP) is 1.62. The molecule has 0 aromatic heterocycles. The van der Waals surface area contributed by atoms with Crippen LogP contribution < -0.4 is 11.1 Å². The molecule has 4 heteroatoms. The van der Waals surface area contributed by atoms with Gasteiger partial charge < -0.3 is 15.8 Å². The van der Waals surface area contributed by atoms with Gasteiger partial charge >= 0.3 is 0 Å². The van der Waals surface area contributed by atoms with E-state index < -0.39 is 6.04 Å². The lowest BCUT2D eigenvalue weighted by Gasteiger charge is -2.18. The van der Waals surface area contributed by atoms with Crippen LogP contribution in [0.3, 0.4) is 0 Å². The van der Waals surface area contributed by atoms with Crippen molar-refractivity contribution >= 4 is 5.91 Å². The topological polar surface area (TPSA) is 64.3 Å². The van der Waals surface area contributed by atoms with E-state index in [-0.39, 0.29) is 11.3 Å². The fraction of sp³-hybridized carbons (Fsp3) is 0.533. The van der Waals surface area contributed by atoms with Crippen LogP contribution in [0, 0.1) is 5.41 Å². The zero-order valence-electron chi connectivity index (χ0n) is 11.4. The smallest absolute Gasteiger partial charge is 0.241 e. The molecule has 104 valence electrons. The molecule has 4 nitrogen and oxygen atoms in total. The van der Waals surface area contributed by atoms with Gasteiger partial charge in [0.1, 0.15) is 6.04 Å². The Morgan fingerprint density at radius 1 is 1.42 bits per heavy atom. The highest BCUT2D eigenvalue weighted by molar-refractivity contribution is 5.82. The SMILES string of the molecule is COCCC1(CNC(=O)C(N)c2ccccc2)CC1. The quantitative estimate of drug-likeness (QED) is 0.785. The van der Waals surface area contributed by atoms with Crippen LogP contribution in [-0.4, -0.2) is 26.2 Å². The van der Waals surface area contributed by atoms with E-state index in [2.05, 4.69) is 5.32 Å². The molecule has 2 rings (SSSR count). The summed E-state index contributed by atoms with van der Waals surface area (Å²) in [5.41, 5.74) is 7.05. The fourth-order valence-electron chi connectivity index (χ4n) is 2.21. The van der Waals surface area contributed by atoms with Crippen LogP contribution in [0.5, 0.6) is 0 Å². The first-order valence-corrected chi connectivity index (χ1v) is 6.74. The van der Waals surface area contributed by atoms with Crippen LogP contribution in [-0.2, 0) is 9.53 Å². The van der Waals surface area contributed by atoms with Gasteiger partial charge in [0.25, 0.3) is 0 Å². The molecule has 1 saturated carbocycles. The zero-order chi connectivity index (χ0) is 13.7. The average Bonchev–Trinajstić information content (AvgIpc) is 3.23. The van der Waals surface area contributed by atoms with Crippen molar-refractivity contribution in [3.63, 3.8) is 0 Å². The molecule has 1 aromatic carbocycles. The predicted molar refractivity (Wildman–Crippen MR) is 74.5 cm³/mol. The van der Waals surface area contributed by atoms with Gasteiger partial charge in [-0.15, -0.1) is 0 Å². The Balaban J connectivity index is 1.81. The summed E-state index contributed by atoms with van der Waals surface area (Å²) in [6.45, 7) is 1.45. The maximum absolute atomic E-state index is 12.0. The molecule has 0 heterocycles. The van der Waals surface area contributed by atoms with Crippen molar-refractivity contribution in [2.75, 3.05) is 20.3 Å². The van der Waals surface area contributed by atoms with E-state index in [1.807, 2.05) is 30.3 Å². The highest BCUT2D eigenvalue weighted by atomic mass is 16.5. The molecule has 1 atom stereocenters. The third-order valence-corrected chi connectivity index (χ3v) is 3.87. The first-order chi connectivity index (χ1) is 9.17. The number of benzene rings is 1. The molecule has 19 heavy (non-hydrogen) atoms. The van der Waals surface area contributed by atoms with Gasteiger partial charge in [-0.05, 0) is 30.2 Å². The minimum atomic E-state index is -0.584. The monoisotopic (exact) mass is 262 g/mol. The number of ether oxygens (including phenoxy) is 1. The largest absolute Gasteiger partial charge is 0.385 e. The summed E-state index contributed by atoms with van der Waals surface area (Å²) < 4.78 is 5.10. The summed E-state index contributed by atoms with van der Waals surface area (Å²) in [7, 11) is 1.71. The van der Waals surface area contributed by atoms with Crippen molar-refractivity contribution in [3.8, 4) is 0 Å². The molecule has 1 aliphatic carbocycles. The molecule has 1 unspecified atom stereocenters. The summed E-state index contributed by atoms with van der Waals surface area (Å²) in [6.07, 6.45) is 3.33. The molecule has 0 radical (unpaired) electrons. The van der Waals surface area contributed by atoms with E-state index >= 15 is 0 Å².